The monoisotopic (exact) mass is 271 g/mol. The highest BCUT2D eigenvalue weighted by molar-refractivity contribution is 5.57. The molecule has 2 aromatic heterocycles. The highest BCUT2D eigenvalue weighted by atomic mass is 15.1. The van der Waals surface area contributed by atoms with Gasteiger partial charge in [-0.3, -0.25) is 4.98 Å². The molecule has 5 nitrogen and oxygen atoms in total. The summed E-state index contributed by atoms with van der Waals surface area (Å²) in [5.41, 5.74) is 3.44. The van der Waals surface area contributed by atoms with E-state index in [2.05, 4.69) is 39.4 Å². The summed E-state index contributed by atoms with van der Waals surface area (Å²) < 4.78 is 0. The van der Waals surface area contributed by atoms with E-state index in [1.807, 2.05) is 32.4 Å². The van der Waals surface area contributed by atoms with E-state index in [0.717, 1.165) is 36.0 Å². The zero-order valence-electron chi connectivity index (χ0n) is 12.5. The number of anilines is 2. The van der Waals surface area contributed by atoms with Gasteiger partial charge in [0.05, 0.1) is 0 Å². The number of pyridine rings is 1. The predicted octanol–water partition coefficient (Wildman–Crippen LogP) is 2.70. The van der Waals surface area contributed by atoms with Crippen molar-refractivity contribution in [1.82, 2.24) is 15.0 Å². The van der Waals surface area contributed by atoms with E-state index in [1.165, 1.54) is 11.1 Å². The zero-order chi connectivity index (χ0) is 14.5. The lowest BCUT2D eigenvalue weighted by Crippen LogP contribution is -2.10. The van der Waals surface area contributed by atoms with Crippen LogP contribution in [0.25, 0.3) is 0 Å². The molecule has 2 rings (SSSR count). The summed E-state index contributed by atoms with van der Waals surface area (Å²) in [4.78, 5) is 13.1. The highest BCUT2D eigenvalue weighted by Gasteiger charge is 2.09. The van der Waals surface area contributed by atoms with E-state index in [1.54, 1.807) is 0 Å². The smallest absolute Gasteiger partial charge is 0.135 e. The minimum Gasteiger partial charge on any atom is -0.373 e. The molecular formula is C15H21N5. The molecule has 0 fully saturated rings. The summed E-state index contributed by atoms with van der Waals surface area (Å²) in [6.07, 6.45) is 4.51. The molecule has 0 aliphatic carbocycles. The SMILES string of the molecule is CCc1nc(NC)c(C)c(NCc2ccncc2C)n1. The lowest BCUT2D eigenvalue weighted by atomic mass is 10.1. The van der Waals surface area contributed by atoms with Crippen molar-refractivity contribution in [2.24, 2.45) is 0 Å². The van der Waals surface area contributed by atoms with Gasteiger partial charge in [0, 0.05) is 38.0 Å². The van der Waals surface area contributed by atoms with Crippen molar-refractivity contribution in [3.8, 4) is 0 Å². The Kier molecular flexibility index (Phi) is 4.50. The molecule has 0 saturated heterocycles. The van der Waals surface area contributed by atoms with Crippen molar-refractivity contribution in [2.75, 3.05) is 17.7 Å². The molecule has 106 valence electrons. The van der Waals surface area contributed by atoms with Crippen LogP contribution in [0.3, 0.4) is 0 Å². The van der Waals surface area contributed by atoms with Crippen LogP contribution >= 0.6 is 0 Å². The number of aryl methyl sites for hydroxylation is 2. The van der Waals surface area contributed by atoms with E-state index in [4.69, 9.17) is 0 Å². The molecule has 2 N–H and O–H groups in total. The fourth-order valence-corrected chi connectivity index (χ4v) is 2.02. The first-order valence-electron chi connectivity index (χ1n) is 6.84. The maximum atomic E-state index is 4.57. The maximum absolute atomic E-state index is 4.57. The Balaban J connectivity index is 2.23. The van der Waals surface area contributed by atoms with Gasteiger partial charge in [0.25, 0.3) is 0 Å². The first-order valence-corrected chi connectivity index (χ1v) is 6.84. The topological polar surface area (TPSA) is 62.7 Å². The molecule has 0 saturated carbocycles. The molecule has 0 spiro atoms. The third-order valence-electron chi connectivity index (χ3n) is 3.33. The van der Waals surface area contributed by atoms with Crippen molar-refractivity contribution < 1.29 is 0 Å². The van der Waals surface area contributed by atoms with E-state index in [0.29, 0.717) is 0 Å². The van der Waals surface area contributed by atoms with Gasteiger partial charge < -0.3 is 10.6 Å². The van der Waals surface area contributed by atoms with Gasteiger partial charge in [0.2, 0.25) is 0 Å². The Hall–Kier alpha value is -2.17. The van der Waals surface area contributed by atoms with Crippen LogP contribution in [0.15, 0.2) is 18.5 Å². The summed E-state index contributed by atoms with van der Waals surface area (Å²) in [6, 6.07) is 2.03. The van der Waals surface area contributed by atoms with Crippen LogP contribution in [0, 0.1) is 13.8 Å². The lowest BCUT2D eigenvalue weighted by molar-refractivity contribution is 0.923. The highest BCUT2D eigenvalue weighted by Crippen LogP contribution is 2.20. The normalized spacial score (nSPS) is 10.4. The van der Waals surface area contributed by atoms with E-state index in [-0.39, 0.29) is 0 Å². The first kappa shape index (κ1) is 14.2. The number of hydrogen-bond donors (Lipinski definition) is 2. The number of aromatic nitrogens is 3. The second-order valence-electron chi connectivity index (χ2n) is 4.72. The van der Waals surface area contributed by atoms with Crippen molar-refractivity contribution in [3.05, 3.63) is 41.0 Å². The van der Waals surface area contributed by atoms with Gasteiger partial charge in [-0.2, -0.15) is 0 Å². The van der Waals surface area contributed by atoms with Gasteiger partial charge >= 0.3 is 0 Å². The van der Waals surface area contributed by atoms with Crippen LogP contribution < -0.4 is 10.6 Å². The second kappa shape index (κ2) is 6.32. The average Bonchev–Trinajstić information content (AvgIpc) is 2.47. The number of nitrogens with one attached hydrogen (secondary N) is 2. The average molecular weight is 271 g/mol. The first-order chi connectivity index (χ1) is 9.65. The molecule has 0 radical (unpaired) electrons. The quantitative estimate of drug-likeness (QED) is 0.875. The van der Waals surface area contributed by atoms with Crippen molar-refractivity contribution in [2.45, 2.75) is 33.7 Å². The Morgan fingerprint density at radius 3 is 2.55 bits per heavy atom. The summed E-state index contributed by atoms with van der Waals surface area (Å²) in [5, 5.41) is 6.52. The van der Waals surface area contributed by atoms with Crippen LogP contribution in [0.1, 0.15) is 29.4 Å². The Labute approximate surface area is 119 Å². The summed E-state index contributed by atoms with van der Waals surface area (Å²) in [6.45, 7) is 6.87. The van der Waals surface area contributed by atoms with Gasteiger partial charge in [-0.25, -0.2) is 9.97 Å². The van der Waals surface area contributed by atoms with Gasteiger partial charge in [-0.1, -0.05) is 6.92 Å². The Bertz CT molecular complexity index is 595. The third-order valence-corrected chi connectivity index (χ3v) is 3.33. The fourth-order valence-electron chi connectivity index (χ4n) is 2.02. The molecule has 0 aromatic carbocycles. The molecule has 0 aliphatic heterocycles. The molecule has 2 heterocycles. The summed E-state index contributed by atoms with van der Waals surface area (Å²) in [7, 11) is 1.88. The molecule has 2 aromatic rings. The van der Waals surface area contributed by atoms with Crippen molar-refractivity contribution in [3.63, 3.8) is 0 Å². The minimum atomic E-state index is 0.735. The van der Waals surface area contributed by atoms with Crippen LogP contribution in [0.4, 0.5) is 11.6 Å². The summed E-state index contributed by atoms with van der Waals surface area (Å²) in [5.74, 6) is 2.61. The van der Waals surface area contributed by atoms with Crippen LogP contribution in [-0.2, 0) is 13.0 Å². The maximum Gasteiger partial charge on any atom is 0.135 e. The van der Waals surface area contributed by atoms with Crippen LogP contribution in [0.5, 0.6) is 0 Å². The minimum absolute atomic E-state index is 0.735. The summed E-state index contributed by atoms with van der Waals surface area (Å²) >= 11 is 0. The molecule has 0 unspecified atom stereocenters. The molecule has 0 amide bonds. The van der Waals surface area contributed by atoms with E-state index < -0.39 is 0 Å². The van der Waals surface area contributed by atoms with Crippen molar-refractivity contribution >= 4 is 11.6 Å². The molecule has 5 heteroatoms. The standard InChI is InChI=1S/C15H21N5/c1-5-13-19-14(16-4)11(3)15(20-13)18-9-12-6-7-17-8-10(12)2/h6-8H,5,9H2,1-4H3,(H2,16,18,19,20). The Morgan fingerprint density at radius 2 is 1.90 bits per heavy atom. The molecule has 20 heavy (non-hydrogen) atoms. The van der Waals surface area contributed by atoms with Gasteiger partial charge in [0.15, 0.2) is 0 Å². The van der Waals surface area contributed by atoms with Gasteiger partial charge in [-0.15, -0.1) is 0 Å². The molecule has 0 aliphatic rings. The second-order valence-corrected chi connectivity index (χ2v) is 4.72. The largest absolute Gasteiger partial charge is 0.373 e. The fraction of sp³-hybridized carbons (Fsp3) is 0.400. The number of nitrogens with zero attached hydrogens (tertiary/aromatic N) is 3. The van der Waals surface area contributed by atoms with E-state index >= 15 is 0 Å². The van der Waals surface area contributed by atoms with Crippen LogP contribution in [-0.4, -0.2) is 22.0 Å². The predicted molar refractivity (Wildman–Crippen MR) is 82.0 cm³/mol. The Morgan fingerprint density at radius 1 is 1.15 bits per heavy atom. The molecule has 0 atom stereocenters. The lowest BCUT2D eigenvalue weighted by Gasteiger charge is -2.14. The van der Waals surface area contributed by atoms with Gasteiger partial charge in [0.1, 0.15) is 17.5 Å². The van der Waals surface area contributed by atoms with Crippen LogP contribution in [0.2, 0.25) is 0 Å². The third kappa shape index (κ3) is 3.04. The number of hydrogen-bond acceptors (Lipinski definition) is 5. The number of rotatable bonds is 5. The zero-order valence-corrected chi connectivity index (χ0v) is 12.5. The van der Waals surface area contributed by atoms with E-state index in [9.17, 15) is 0 Å². The molecular weight excluding hydrogens is 250 g/mol. The van der Waals surface area contributed by atoms with Gasteiger partial charge in [-0.05, 0) is 31.0 Å². The van der Waals surface area contributed by atoms with Crippen molar-refractivity contribution in [1.29, 1.82) is 0 Å². The molecule has 0 bridgehead atoms.